The van der Waals surface area contributed by atoms with Crippen LogP contribution in [0.5, 0.6) is 5.75 Å². The molecule has 1 aromatic heterocycles. The fourth-order valence-corrected chi connectivity index (χ4v) is 3.93. The predicted octanol–water partition coefficient (Wildman–Crippen LogP) is 5.74. The third-order valence-corrected chi connectivity index (χ3v) is 6.02. The van der Waals surface area contributed by atoms with Gasteiger partial charge in [-0.1, -0.05) is 35.9 Å². The molecule has 0 saturated carbocycles. The maximum atomic E-state index is 13.2. The number of benzene rings is 3. The van der Waals surface area contributed by atoms with Crippen LogP contribution in [0.2, 0.25) is 5.02 Å². The van der Waals surface area contributed by atoms with Crippen molar-refractivity contribution in [3.05, 3.63) is 92.7 Å². The third-order valence-electron chi connectivity index (χ3n) is 5.77. The highest BCUT2D eigenvalue weighted by atomic mass is 35.5. The van der Waals surface area contributed by atoms with E-state index in [2.05, 4.69) is 26.0 Å². The van der Waals surface area contributed by atoms with Crippen molar-refractivity contribution in [1.29, 1.82) is 0 Å². The molecule has 0 unspecified atom stereocenters. The number of halogens is 1. The zero-order valence-electron chi connectivity index (χ0n) is 19.1. The molecule has 4 aromatic rings. The summed E-state index contributed by atoms with van der Waals surface area (Å²) < 4.78 is 13.4. The van der Waals surface area contributed by atoms with Crippen LogP contribution in [0, 0.1) is 20.8 Å². The first kappa shape index (κ1) is 23.0. The Morgan fingerprint density at radius 1 is 0.879 bits per heavy atom. The van der Waals surface area contributed by atoms with E-state index < -0.39 is 0 Å². The first-order valence-electron chi connectivity index (χ1n) is 11.0. The van der Waals surface area contributed by atoms with Gasteiger partial charge in [-0.05, 0) is 73.9 Å². The maximum absolute atomic E-state index is 13.2. The van der Waals surface area contributed by atoms with E-state index in [0.717, 1.165) is 22.4 Å². The second kappa shape index (κ2) is 10.2. The molecule has 0 fully saturated rings. The lowest BCUT2D eigenvalue weighted by Gasteiger charge is -2.15. The molecule has 0 aliphatic rings. The molecule has 33 heavy (non-hydrogen) atoms. The normalized spacial score (nSPS) is 11.2. The molecule has 0 aliphatic carbocycles. The van der Waals surface area contributed by atoms with Gasteiger partial charge in [0.05, 0.1) is 30.7 Å². The fourth-order valence-electron chi connectivity index (χ4n) is 3.80. The summed E-state index contributed by atoms with van der Waals surface area (Å²) in [5.74, 6) is 1.51. The second-order valence-corrected chi connectivity index (χ2v) is 8.47. The zero-order chi connectivity index (χ0) is 23.4. The predicted molar refractivity (Wildman–Crippen MR) is 133 cm³/mol. The summed E-state index contributed by atoms with van der Waals surface area (Å²) in [5, 5.41) is 1.22. The van der Waals surface area contributed by atoms with E-state index in [-0.39, 0.29) is 5.56 Å². The molecule has 4 rings (SSSR count). The minimum absolute atomic E-state index is 0.0867. The van der Waals surface area contributed by atoms with E-state index in [1.165, 1.54) is 5.56 Å². The van der Waals surface area contributed by atoms with Gasteiger partial charge < -0.3 is 9.47 Å². The van der Waals surface area contributed by atoms with Crippen molar-refractivity contribution in [2.45, 2.75) is 27.3 Å². The Hall–Kier alpha value is -3.15. The van der Waals surface area contributed by atoms with Crippen LogP contribution in [-0.4, -0.2) is 29.4 Å². The second-order valence-electron chi connectivity index (χ2n) is 8.03. The molecule has 0 N–H and O–H groups in total. The van der Waals surface area contributed by atoms with E-state index in [4.69, 9.17) is 26.1 Å². The number of hydrogen-bond acceptors (Lipinski definition) is 4. The Kier molecular flexibility index (Phi) is 7.11. The first-order valence-corrected chi connectivity index (χ1v) is 11.4. The first-order chi connectivity index (χ1) is 16.0. The summed E-state index contributed by atoms with van der Waals surface area (Å²) in [7, 11) is 0. The molecule has 0 aliphatic heterocycles. The summed E-state index contributed by atoms with van der Waals surface area (Å²) in [6.07, 6.45) is 0. The highest BCUT2D eigenvalue weighted by Crippen LogP contribution is 2.25. The van der Waals surface area contributed by atoms with Crippen LogP contribution >= 0.6 is 11.6 Å². The van der Waals surface area contributed by atoms with E-state index in [1.54, 1.807) is 22.8 Å². The van der Waals surface area contributed by atoms with Crippen molar-refractivity contribution in [3.63, 3.8) is 0 Å². The average Bonchev–Trinajstić information content (AvgIpc) is 2.82. The Bertz CT molecular complexity index is 1330. The van der Waals surface area contributed by atoms with Crippen LogP contribution < -0.4 is 10.3 Å². The molecule has 5 nitrogen and oxygen atoms in total. The summed E-state index contributed by atoms with van der Waals surface area (Å²) in [6, 6.07) is 18.9. The van der Waals surface area contributed by atoms with Gasteiger partial charge in [0.2, 0.25) is 0 Å². The van der Waals surface area contributed by atoms with Gasteiger partial charge in [-0.2, -0.15) is 0 Å². The third kappa shape index (κ3) is 5.10. The van der Waals surface area contributed by atoms with Gasteiger partial charge in [-0.3, -0.25) is 9.36 Å². The van der Waals surface area contributed by atoms with Gasteiger partial charge in [0, 0.05) is 10.6 Å². The molecule has 170 valence electrons. The molecular weight excluding hydrogens is 436 g/mol. The molecule has 0 bridgehead atoms. The Morgan fingerprint density at radius 2 is 1.61 bits per heavy atom. The van der Waals surface area contributed by atoms with Crippen LogP contribution in [0.25, 0.3) is 22.3 Å². The van der Waals surface area contributed by atoms with Gasteiger partial charge in [0.15, 0.2) is 0 Å². The maximum Gasteiger partial charge on any atom is 0.261 e. The summed E-state index contributed by atoms with van der Waals surface area (Å²) >= 11 is 6.05. The molecule has 3 aromatic carbocycles. The molecule has 0 atom stereocenters. The van der Waals surface area contributed by atoms with Crippen molar-refractivity contribution >= 4 is 22.5 Å². The van der Waals surface area contributed by atoms with Crippen molar-refractivity contribution in [3.8, 4) is 17.1 Å². The summed E-state index contributed by atoms with van der Waals surface area (Å²) in [4.78, 5) is 18.0. The van der Waals surface area contributed by atoms with Gasteiger partial charge in [0.1, 0.15) is 18.2 Å². The topological polar surface area (TPSA) is 53.4 Å². The van der Waals surface area contributed by atoms with Gasteiger partial charge in [-0.15, -0.1) is 0 Å². The van der Waals surface area contributed by atoms with Gasteiger partial charge in [0.25, 0.3) is 5.56 Å². The minimum atomic E-state index is -0.0867. The van der Waals surface area contributed by atoms with Gasteiger partial charge in [-0.25, -0.2) is 4.98 Å². The smallest absolute Gasteiger partial charge is 0.261 e. The zero-order valence-corrected chi connectivity index (χ0v) is 19.9. The number of aromatic nitrogens is 2. The molecule has 0 saturated heterocycles. The number of ether oxygens (including phenoxy) is 2. The van der Waals surface area contributed by atoms with Crippen LogP contribution in [0.3, 0.4) is 0 Å². The summed E-state index contributed by atoms with van der Waals surface area (Å²) in [6.45, 7) is 7.81. The van der Waals surface area contributed by atoms with Crippen molar-refractivity contribution in [1.82, 2.24) is 9.55 Å². The standard InChI is InChI=1S/C27H27ClN2O3/c1-18-8-9-19(2)25(20(18)3)33-17-16-32-15-14-30-26(21-10-12-22(28)13-11-21)29-24-7-5-4-6-23(24)27(30)31/h4-13H,14-17H2,1-3H3. The number of hydrogen-bond donors (Lipinski definition) is 0. The van der Waals surface area contributed by atoms with E-state index in [0.29, 0.717) is 48.1 Å². The van der Waals surface area contributed by atoms with Gasteiger partial charge >= 0.3 is 0 Å². The van der Waals surface area contributed by atoms with Crippen molar-refractivity contribution in [2.75, 3.05) is 19.8 Å². The SMILES string of the molecule is Cc1ccc(C)c(OCCOCCn2c(-c3ccc(Cl)cc3)nc3ccccc3c2=O)c1C. The highest BCUT2D eigenvalue weighted by Gasteiger charge is 2.13. The van der Waals surface area contributed by atoms with Crippen LogP contribution in [0.4, 0.5) is 0 Å². The lowest BCUT2D eigenvalue weighted by molar-refractivity contribution is 0.0936. The molecule has 0 spiro atoms. The number of rotatable bonds is 8. The quantitative estimate of drug-likeness (QED) is 0.313. The molecular formula is C27H27ClN2O3. The minimum Gasteiger partial charge on any atom is -0.491 e. The lowest BCUT2D eigenvalue weighted by atomic mass is 10.1. The molecule has 0 amide bonds. The van der Waals surface area contributed by atoms with Crippen LogP contribution in [-0.2, 0) is 11.3 Å². The molecule has 0 radical (unpaired) electrons. The largest absolute Gasteiger partial charge is 0.491 e. The summed E-state index contributed by atoms with van der Waals surface area (Å²) in [5.41, 5.74) is 4.87. The monoisotopic (exact) mass is 462 g/mol. The average molecular weight is 463 g/mol. The van der Waals surface area contributed by atoms with Crippen LogP contribution in [0.15, 0.2) is 65.5 Å². The number of fused-ring (bicyclic) bond motifs is 1. The van der Waals surface area contributed by atoms with Crippen LogP contribution in [0.1, 0.15) is 16.7 Å². The van der Waals surface area contributed by atoms with Crippen molar-refractivity contribution in [2.24, 2.45) is 0 Å². The Labute approximate surface area is 198 Å². The number of nitrogens with zero attached hydrogens (tertiary/aromatic N) is 2. The number of aryl methyl sites for hydroxylation is 2. The number of para-hydroxylation sites is 1. The lowest BCUT2D eigenvalue weighted by Crippen LogP contribution is -2.26. The Morgan fingerprint density at radius 3 is 2.39 bits per heavy atom. The fraction of sp³-hybridized carbons (Fsp3) is 0.259. The van der Waals surface area contributed by atoms with E-state index >= 15 is 0 Å². The highest BCUT2D eigenvalue weighted by molar-refractivity contribution is 6.30. The van der Waals surface area contributed by atoms with E-state index in [1.807, 2.05) is 37.3 Å². The van der Waals surface area contributed by atoms with E-state index in [9.17, 15) is 4.79 Å². The van der Waals surface area contributed by atoms with Crippen molar-refractivity contribution < 1.29 is 9.47 Å². The molecule has 6 heteroatoms. The Balaban J connectivity index is 1.46. The molecule has 1 heterocycles.